The molecule has 0 saturated carbocycles. The van der Waals surface area contributed by atoms with Gasteiger partial charge in [0.25, 0.3) is 0 Å². The topological polar surface area (TPSA) is 35.6 Å². The summed E-state index contributed by atoms with van der Waals surface area (Å²) in [5, 5.41) is 3.32. The third kappa shape index (κ3) is 4.32. The summed E-state index contributed by atoms with van der Waals surface area (Å²) in [5.74, 6) is 0.156. The van der Waals surface area contributed by atoms with Crippen molar-refractivity contribution >= 4 is 5.91 Å². The zero-order chi connectivity index (χ0) is 15.0. The average molecular weight is 277 g/mol. The van der Waals surface area contributed by atoms with Gasteiger partial charge in [-0.3, -0.25) is 9.69 Å². The maximum atomic E-state index is 12.4. The second-order valence-corrected chi connectivity index (χ2v) is 4.83. The summed E-state index contributed by atoms with van der Waals surface area (Å²) in [6.45, 7) is 7.73. The van der Waals surface area contributed by atoms with E-state index >= 15 is 0 Å². The number of nitrogens with zero attached hydrogens (tertiary/aromatic N) is 2. The lowest BCUT2D eigenvalue weighted by Crippen LogP contribution is -2.49. The predicted octanol–water partition coefficient (Wildman–Crippen LogP) is 1.75. The fraction of sp³-hybridized carbons (Fsp3) is 0.562. The first kappa shape index (κ1) is 16.7. The molecule has 0 aromatic heterocycles. The van der Waals surface area contributed by atoms with Gasteiger partial charge >= 0.3 is 0 Å². The molecule has 0 aliphatic carbocycles. The number of nitrogens with one attached hydrogen (secondary N) is 1. The molecule has 1 atom stereocenters. The van der Waals surface area contributed by atoms with E-state index in [1.165, 1.54) is 0 Å². The van der Waals surface area contributed by atoms with Crippen molar-refractivity contribution in [1.82, 2.24) is 15.1 Å². The van der Waals surface area contributed by atoms with E-state index in [0.29, 0.717) is 0 Å². The minimum absolute atomic E-state index is 0.150. The number of rotatable bonds is 3. The molecule has 0 spiro atoms. The van der Waals surface area contributed by atoms with E-state index in [-0.39, 0.29) is 11.9 Å². The van der Waals surface area contributed by atoms with Crippen molar-refractivity contribution in [1.29, 1.82) is 0 Å². The highest BCUT2D eigenvalue weighted by molar-refractivity contribution is 5.82. The Bertz CT molecular complexity index is 386. The van der Waals surface area contributed by atoms with Crippen molar-refractivity contribution in [2.24, 2.45) is 0 Å². The van der Waals surface area contributed by atoms with Gasteiger partial charge in [0, 0.05) is 40.3 Å². The van der Waals surface area contributed by atoms with E-state index in [1.54, 1.807) is 4.90 Å². The van der Waals surface area contributed by atoms with Crippen LogP contribution in [0.5, 0.6) is 0 Å². The van der Waals surface area contributed by atoms with E-state index in [9.17, 15) is 4.79 Å². The molecule has 0 radical (unpaired) electrons. The molecular formula is C16H27N3O. The van der Waals surface area contributed by atoms with E-state index < -0.39 is 0 Å². The number of carbonyl (C=O) groups is 1. The first-order valence-corrected chi connectivity index (χ1v) is 7.41. The minimum atomic E-state index is -0.150. The number of piperazine rings is 1. The van der Waals surface area contributed by atoms with Crippen LogP contribution >= 0.6 is 0 Å². The van der Waals surface area contributed by atoms with Crippen LogP contribution in [0.3, 0.4) is 0 Å². The van der Waals surface area contributed by atoms with Crippen molar-refractivity contribution in [3.63, 3.8) is 0 Å². The van der Waals surface area contributed by atoms with Gasteiger partial charge in [0.1, 0.15) is 6.04 Å². The van der Waals surface area contributed by atoms with Crippen molar-refractivity contribution < 1.29 is 4.79 Å². The summed E-state index contributed by atoms with van der Waals surface area (Å²) in [6.07, 6.45) is 0. The van der Waals surface area contributed by atoms with Gasteiger partial charge in [0.05, 0.1) is 0 Å². The molecule has 4 heteroatoms. The first-order valence-electron chi connectivity index (χ1n) is 7.41. The van der Waals surface area contributed by atoms with E-state index in [4.69, 9.17) is 0 Å². The fourth-order valence-electron chi connectivity index (χ4n) is 2.33. The number of benzene rings is 1. The third-order valence-electron chi connectivity index (χ3n) is 3.31. The van der Waals surface area contributed by atoms with Crippen LogP contribution in [0.25, 0.3) is 0 Å². The Kier molecular flexibility index (Phi) is 7.26. The molecule has 1 amide bonds. The van der Waals surface area contributed by atoms with Gasteiger partial charge in [-0.15, -0.1) is 0 Å². The normalized spacial score (nSPS) is 16.8. The summed E-state index contributed by atoms with van der Waals surface area (Å²) in [7, 11) is 3.64. The van der Waals surface area contributed by atoms with Gasteiger partial charge in [0.2, 0.25) is 5.91 Å². The molecule has 112 valence electrons. The van der Waals surface area contributed by atoms with E-state index in [0.717, 1.165) is 31.7 Å². The molecule has 1 fully saturated rings. The summed E-state index contributed by atoms with van der Waals surface area (Å²) >= 11 is 0. The maximum Gasteiger partial charge on any atom is 0.244 e. The monoisotopic (exact) mass is 277 g/mol. The lowest BCUT2D eigenvalue weighted by Gasteiger charge is -2.35. The molecule has 1 aromatic carbocycles. The van der Waals surface area contributed by atoms with Crippen LogP contribution in [0.4, 0.5) is 0 Å². The Balaban J connectivity index is 0.000000956. The lowest BCUT2D eigenvalue weighted by molar-refractivity contribution is -0.135. The molecule has 1 heterocycles. The molecule has 1 unspecified atom stereocenters. The van der Waals surface area contributed by atoms with Crippen molar-refractivity contribution in [2.75, 3.05) is 40.3 Å². The first-order chi connectivity index (χ1) is 9.70. The number of likely N-dealkylation sites (N-methyl/N-ethyl adjacent to an activating group) is 1. The number of amides is 1. The third-order valence-corrected chi connectivity index (χ3v) is 3.31. The van der Waals surface area contributed by atoms with Crippen molar-refractivity contribution in [3.8, 4) is 0 Å². The van der Waals surface area contributed by atoms with E-state index in [2.05, 4.69) is 10.2 Å². The largest absolute Gasteiger partial charge is 0.347 e. The Labute approximate surface area is 122 Å². The molecule has 1 aromatic rings. The molecular weight excluding hydrogens is 250 g/mol. The highest BCUT2D eigenvalue weighted by atomic mass is 16.2. The second-order valence-electron chi connectivity index (χ2n) is 4.83. The quantitative estimate of drug-likeness (QED) is 0.914. The average Bonchev–Trinajstić information content (AvgIpc) is 2.51. The van der Waals surface area contributed by atoms with Gasteiger partial charge in [0.15, 0.2) is 0 Å². The fourth-order valence-corrected chi connectivity index (χ4v) is 2.33. The van der Waals surface area contributed by atoms with Crippen LogP contribution in [0.1, 0.15) is 25.5 Å². The lowest BCUT2D eigenvalue weighted by atomic mass is 10.0. The van der Waals surface area contributed by atoms with Gasteiger partial charge < -0.3 is 10.2 Å². The van der Waals surface area contributed by atoms with Crippen molar-refractivity contribution in [2.45, 2.75) is 19.9 Å². The molecule has 1 aliphatic heterocycles. The molecule has 2 rings (SSSR count). The number of carbonyl (C=O) groups excluding carboxylic acids is 1. The Hall–Kier alpha value is -1.39. The zero-order valence-electron chi connectivity index (χ0n) is 13.1. The molecule has 4 nitrogen and oxygen atoms in total. The zero-order valence-corrected chi connectivity index (χ0v) is 13.1. The summed E-state index contributed by atoms with van der Waals surface area (Å²) in [4.78, 5) is 16.3. The number of hydrogen-bond acceptors (Lipinski definition) is 3. The Morgan fingerprint density at radius 2 is 1.70 bits per heavy atom. The van der Waals surface area contributed by atoms with Gasteiger partial charge in [-0.1, -0.05) is 44.2 Å². The van der Waals surface area contributed by atoms with Gasteiger partial charge in [-0.2, -0.15) is 0 Å². The van der Waals surface area contributed by atoms with Gasteiger partial charge in [-0.05, 0) is 5.56 Å². The van der Waals surface area contributed by atoms with Crippen molar-refractivity contribution in [3.05, 3.63) is 35.9 Å². The summed E-state index contributed by atoms with van der Waals surface area (Å²) in [6, 6.07) is 9.89. The minimum Gasteiger partial charge on any atom is -0.347 e. The van der Waals surface area contributed by atoms with Crippen LogP contribution in [-0.2, 0) is 4.79 Å². The second kappa shape index (κ2) is 8.72. The molecule has 1 saturated heterocycles. The Morgan fingerprint density at radius 3 is 2.20 bits per heavy atom. The molecule has 20 heavy (non-hydrogen) atoms. The number of hydrogen-bond donors (Lipinski definition) is 1. The smallest absolute Gasteiger partial charge is 0.244 e. The molecule has 0 bridgehead atoms. The highest BCUT2D eigenvalue weighted by Crippen LogP contribution is 2.22. The molecule has 1 N–H and O–H groups in total. The SMILES string of the molecule is CC.CN(C)C(=O)C(c1ccccc1)N1CCNCC1. The van der Waals surface area contributed by atoms with Crippen LogP contribution in [-0.4, -0.2) is 56.0 Å². The predicted molar refractivity (Wildman–Crippen MR) is 83.7 cm³/mol. The van der Waals surface area contributed by atoms with E-state index in [1.807, 2.05) is 58.3 Å². The highest BCUT2D eigenvalue weighted by Gasteiger charge is 2.29. The molecule has 1 aliphatic rings. The summed E-state index contributed by atoms with van der Waals surface area (Å²) in [5.41, 5.74) is 1.08. The maximum absolute atomic E-state index is 12.4. The van der Waals surface area contributed by atoms with Crippen LogP contribution in [0, 0.1) is 0 Å². The van der Waals surface area contributed by atoms with Crippen LogP contribution in [0.2, 0.25) is 0 Å². The van der Waals surface area contributed by atoms with Crippen LogP contribution in [0.15, 0.2) is 30.3 Å². The van der Waals surface area contributed by atoms with Gasteiger partial charge in [-0.25, -0.2) is 0 Å². The summed E-state index contributed by atoms with van der Waals surface area (Å²) < 4.78 is 0. The van der Waals surface area contributed by atoms with Crippen LogP contribution < -0.4 is 5.32 Å². The standard InChI is InChI=1S/C14H21N3O.C2H6/c1-16(2)14(18)13(12-6-4-3-5-7-12)17-10-8-15-9-11-17;1-2/h3-7,13,15H,8-11H2,1-2H3;1-2H3. The Morgan fingerprint density at radius 1 is 1.15 bits per heavy atom.